The Kier molecular flexibility index (Phi) is 6.53. The summed E-state index contributed by atoms with van der Waals surface area (Å²) in [6.07, 6.45) is 0. The maximum Gasteiger partial charge on any atom is 0.233 e. The number of H-pyrrole nitrogens is 1. The number of benzene rings is 2. The Bertz CT molecular complexity index is 965. The van der Waals surface area contributed by atoms with Gasteiger partial charge in [0, 0.05) is 11.6 Å². The van der Waals surface area contributed by atoms with E-state index in [0.29, 0.717) is 33.9 Å². The average Bonchev–Trinajstić information content (AvgIpc) is 3.15. The lowest BCUT2D eigenvalue weighted by Crippen LogP contribution is -2.30. The molecule has 1 heterocycles. The van der Waals surface area contributed by atoms with Crippen LogP contribution in [0.5, 0.6) is 5.75 Å². The van der Waals surface area contributed by atoms with Crippen LogP contribution in [0.4, 0.5) is 4.39 Å². The predicted octanol–water partition coefficient (Wildman–Crippen LogP) is 4.07. The molecule has 28 heavy (non-hydrogen) atoms. The summed E-state index contributed by atoms with van der Waals surface area (Å²) in [6.45, 7) is 2.09. The molecule has 1 unspecified atom stereocenters. The zero-order valence-electron chi connectivity index (χ0n) is 15.2. The number of rotatable bonds is 7. The summed E-state index contributed by atoms with van der Waals surface area (Å²) in [5.41, 5.74) is 1.50. The molecule has 1 amide bonds. The summed E-state index contributed by atoms with van der Waals surface area (Å²) < 4.78 is 18.3. The number of aromatic nitrogens is 3. The van der Waals surface area contributed by atoms with Crippen molar-refractivity contribution in [3.8, 4) is 17.1 Å². The monoisotopic (exact) mass is 420 g/mol. The molecular formula is C19H18ClFN4O2S. The number of carbonyl (C=O) groups is 1. The Labute approximate surface area is 170 Å². The molecule has 0 aliphatic heterocycles. The van der Waals surface area contributed by atoms with E-state index in [1.807, 2.05) is 0 Å². The van der Waals surface area contributed by atoms with Crippen molar-refractivity contribution in [2.24, 2.45) is 0 Å². The van der Waals surface area contributed by atoms with E-state index in [4.69, 9.17) is 16.3 Å². The molecule has 0 saturated carbocycles. The topological polar surface area (TPSA) is 79.9 Å². The Hall–Kier alpha value is -2.58. The third kappa shape index (κ3) is 5.02. The highest BCUT2D eigenvalue weighted by Gasteiger charge is 2.18. The van der Waals surface area contributed by atoms with Crippen LogP contribution in [0, 0.1) is 5.82 Å². The van der Waals surface area contributed by atoms with Gasteiger partial charge in [-0.15, -0.1) is 5.10 Å². The van der Waals surface area contributed by atoms with Crippen molar-refractivity contribution >= 4 is 29.3 Å². The number of nitrogens with one attached hydrogen (secondary N) is 2. The van der Waals surface area contributed by atoms with Crippen LogP contribution in [0.1, 0.15) is 12.5 Å². The van der Waals surface area contributed by atoms with Gasteiger partial charge in [0.05, 0.1) is 17.9 Å². The van der Waals surface area contributed by atoms with Gasteiger partial charge in [-0.1, -0.05) is 35.5 Å². The highest BCUT2D eigenvalue weighted by atomic mass is 35.5. The van der Waals surface area contributed by atoms with Crippen LogP contribution in [-0.4, -0.2) is 33.4 Å². The highest BCUT2D eigenvalue weighted by Crippen LogP contribution is 2.31. The van der Waals surface area contributed by atoms with Gasteiger partial charge in [-0.3, -0.25) is 9.89 Å². The molecule has 9 heteroatoms. The molecule has 2 N–H and O–H groups in total. The summed E-state index contributed by atoms with van der Waals surface area (Å²) in [4.78, 5) is 16.7. The first kappa shape index (κ1) is 20.2. The van der Waals surface area contributed by atoms with Crippen LogP contribution < -0.4 is 10.1 Å². The van der Waals surface area contributed by atoms with E-state index in [-0.39, 0.29) is 11.7 Å². The van der Waals surface area contributed by atoms with E-state index in [1.54, 1.807) is 44.4 Å². The maximum absolute atomic E-state index is 12.9. The van der Waals surface area contributed by atoms with Gasteiger partial charge < -0.3 is 10.1 Å². The minimum Gasteiger partial charge on any atom is -0.496 e. The van der Waals surface area contributed by atoms with Crippen molar-refractivity contribution < 1.29 is 13.9 Å². The first-order chi connectivity index (χ1) is 13.5. The Morgan fingerprint density at radius 3 is 2.79 bits per heavy atom. The fraction of sp³-hybridized carbons (Fsp3) is 0.211. The zero-order chi connectivity index (χ0) is 20.1. The number of ether oxygens (including phenoxy) is 1. The van der Waals surface area contributed by atoms with Gasteiger partial charge in [-0.05, 0) is 42.8 Å². The molecule has 1 aromatic heterocycles. The van der Waals surface area contributed by atoms with Crippen LogP contribution in [0.3, 0.4) is 0 Å². The Morgan fingerprint density at radius 2 is 2.07 bits per heavy atom. The number of hydrogen-bond donors (Lipinski definition) is 2. The van der Waals surface area contributed by atoms with Crippen LogP contribution in [0.2, 0.25) is 5.02 Å². The molecule has 0 aliphatic rings. The second kappa shape index (κ2) is 9.07. The van der Waals surface area contributed by atoms with Gasteiger partial charge in [-0.25, -0.2) is 9.37 Å². The number of amides is 1. The van der Waals surface area contributed by atoms with Gasteiger partial charge in [0.25, 0.3) is 0 Å². The smallest absolute Gasteiger partial charge is 0.233 e. The van der Waals surface area contributed by atoms with E-state index in [9.17, 15) is 9.18 Å². The molecule has 2 aromatic carbocycles. The molecule has 0 aliphatic carbocycles. The van der Waals surface area contributed by atoms with E-state index in [2.05, 4.69) is 20.5 Å². The van der Waals surface area contributed by atoms with Gasteiger partial charge in [0.2, 0.25) is 11.1 Å². The number of aromatic amines is 1. The molecule has 0 saturated heterocycles. The van der Waals surface area contributed by atoms with Crippen molar-refractivity contribution in [3.63, 3.8) is 0 Å². The quantitative estimate of drug-likeness (QED) is 0.563. The summed E-state index contributed by atoms with van der Waals surface area (Å²) in [6, 6.07) is 11.2. The molecule has 1 atom stereocenters. The van der Waals surface area contributed by atoms with Crippen molar-refractivity contribution in [1.29, 1.82) is 0 Å². The van der Waals surface area contributed by atoms with Gasteiger partial charge in [-0.2, -0.15) is 0 Å². The van der Waals surface area contributed by atoms with Crippen LogP contribution in [0.15, 0.2) is 47.6 Å². The summed E-state index contributed by atoms with van der Waals surface area (Å²) >= 11 is 7.28. The van der Waals surface area contributed by atoms with Gasteiger partial charge >= 0.3 is 0 Å². The number of halogens is 2. The third-order valence-corrected chi connectivity index (χ3v) is 5.11. The molecule has 0 radical (unpaired) electrons. The number of hydrogen-bond acceptors (Lipinski definition) is 5. The fourth-order valence-corrected chi connectivity index (χ4v) is 3.35. The normalized spacial score (nSPS) is 11.9. The number of methoxy groups -OCH3 is 1. The Balaban J connectivity index is 1.62. The summed E-state index contributed by atoms with van der Waals surface area (Å²) in [5, 5.41) is 10.4. The van der Waals surface area contributed by atoms with Crippen LogP contribution in [-0.2, 0) is 11.3 Å². The molecule has 146 valence electrons. The van der Waals surface area contributed by atoms with Gasteiger partial charge in [0.1, 0.15) is 11.6 Å². The molecule has 0 bridgehead atoms. The molecule has 0 fully saturated rings. The van der Waals surface area contributed by atoms with Crippen LogP contribution in [0.25, 0.3) is 11.4 Å². The van der Waals surface area contributed by atoms with E-state index in [0.717, 1.165) is 5.56 Å². The second-order valence-electron chi connectivity index (χ2n) is 5.92. The lowest BCUT2D eigenvalue weighted by atomic mass is 10.2. The molecule has 6 nitrogen and oxygen atoms in total. The standard InChI is InChI=1S/C19H18ClFN4O2S/c1-11(18(26)22-10-12-3-6-14(21)7-4-12)28-19-23-17(24-25-19)15-9-13(20)5-8-16(15)27-2/h3-9,11H,10H2,1-2H3,(H,22,26)(H,23,24,25). The van der Waals surface area contributed by atoms with E-state index >= 15 is 0 Å². The first-order valence-electron chi connectivity index (χ1n) is 8.41. The largest absolute Gasteiger partial charge is 0.496 e. The van der Waals surface area contributed by atoms with Crippen molar-refractivity contribution in [2.75, 3.05) is 7.11 Å². The third-order valence-electron chi connectivity index (χ3n) is 3.91. The van der Waals surface area contributed by atoms with Gasteiger partial charge in [0.15, 0.2) is 5.82 Å². The fourth-order valence-electron chi connectivity index (χ4n) is 2.43. The SMILES string of the molecule is COc1ccc(Cl)cc1-c1nc(SC(C)C(=O)NCc2ccc(F)cc2)n[nH]1. The molecule has 0 spiro atoms. The number of thioether (sulfide) groups is 1. The van der Waals surface area contributed by atoms with Crippen molar-refractivity contribution in [1.82, 2.24) is 20.5 Å². The molecule has 3 aromatic rings. The van der Waals surface area contributed by atoms with E-state index < -0.39 is 5.25 Å². The highest BCUT2D eigenvalue weighted by molar-refractivity contribution is 8.00. The first-order valence-corrected chi connectivity index (χ1v) is 9.67. The number of carbonyl (C=O) groups excluding carboxylic acids is 1. The molecular weight excluding hydrogens is 403 g/mol. The number of nitrogens with zero attached hydrogens (tertiary/aromatic N) is 2. The maximum atomic E-state index is 12.9. The predicted molar refractivity (Wildman–Crippen MR) is 107 cm³/mol. The minimum atomic E-state index is -0.412. The summed E-state index contributed by atoms with van der Waals surface area (Å²) in [7, 11) is 1.56. The average molecular weight is 421 g/mol. The molecule has 3 rings (SSSR count). The minimum absolute atomic E-state index is 0.166. The lowest BCUT2D eigenvalue weighted by Gasteiger charge is -2.10. The van der Waals surface area contributed by atoms with Crippen molar-refractivity contribution in [2.45, 2.75) is 23.9 Å². The van der Waals surface area contributed by atoms with Crippen molar-refractivity contribution in [3.05, 3.63) is 58.9 Å². The van der Waals surface area contributed by atoms with E-state index in [1.165, 1.54) is 23.9 Å². The van der Waals surface area contributed by atoms with Crippen LogP contribution >= 0.6 is 23.4 Å². The Morgan fingerprint density at radius 1 is 1.32 bits per heavy atom. The summed E-state index contributed by atoms with van der Waals surface area (Å²) in [5.74, 6) is 0.639. The lowest BCUT2D eigenvalue weighted by molar-refractivity contribution is -0.120. The zero-order valence-corrected chi connectivity index (χ0v) is 16.8. The second-order valence-corrected chi connectivity index (χ2v) is 7.66.